The van der Waals surface area contributed by atoms with Crippen molar-refractivity contribution in [3.05, 3.63) is 35.5 Å². The highest BCUT2D eigenvalue weighted by molar-refractivity contribution is 6.11. The first-order valence-electron chi connectivity index (χ1n) is 10.4. The Labute approximate surface area is 169 Å². The van der Waals surface area contributed by atoms with E-state index < -0.39 is 11.6 Å². The third-order valence-electron chi connectivity index (χ3n) is 6.60. The van der Waals surface area contributed by atoms with Gasteiger partial charge in [-0.25, -0.2) is 9.69 Å². The molecule has 4 amide bonds. The van der Waals surface area contributed by atoms with Crippen LogP contribution < -0.4 is 5.32 Å². The third kappa shape index (κ3) is 2.46. The number of para-hydroxylation sites is 1. The van der Waals surface area contributed by atoms with Crippen molar-refractivity contribution in [2.75, 3.05) is 6.54 Å². The number of rotatable bonds is 4. The van der Waals surface area contributed by atoms with E-state index in [1.165, 1.54) is 4.90 Å². The number of nitrogens with zero attached hydrogens (tertiary/aromatic N) is 2. The van der Waals surface area contributed by atoms with Crippen LogP contribution in [0, 0.1) is 5.92 Å². The van der Waals surface area contributed by atoms with Gasteiger partial charge in [0.2, 0.25) is 5.91 Å². The number of benzene rings is 1. The Morgan fingerprint density at radius 2 is 1.97 bits per heavy atom. The fourth-order valence-corrected chi connectivity index (χ4v) is 4.90. The van der Waals surface area contributed by atoms with Crippen LogP contribution in [0.1, 0.15) is 44.9 Å². The van der Waals surface area contributed by atoms with Gasteiger partial charge in [-0.15, -0.1) is 0 Å². The zero-order chi connectivity index (χ0) is 20.5. The number of imide groups is 1. The molecule has 1 aliphatic carbocycles. The van der Waals surface area contributed by atoms with Gasteiger partial charge in [-0.1, -0.05) is 32.0 Å². The second-order valence-corrected chi connectivity index (χ2v) is 8.93. The van der Waals surface area contributed by atoms with Gasteiger partial charge >= 0.3 is 6.03 Å². The molecule has 1 aromatic heterocycles. The lowest BCUT2D eigenvalue weighted by Crippen LogP contribution is -2.53. The maximum Gasteiger partial charge on any atom is 0.328 e. The number of H-pyrrole nitrogens is 1. The molecule has 3 aliphatic rings. The molecule has 7 nitrogen and oxygen atoms in total. The first kappa shape index (κ1) is 18.2. The summed E-state index contributed by atoms with van der Waals surface area (Å²) in [5, 5.41) is 4.07. The molecule has 29 heavy (non-hydrogen) atoms. The van der Waals surface area contributed by atoms with Crippen LogP contribution in [0.2, 0.25) is 0 Å². The number of aromatic nitrogens is 1. The Morgan fingerprint density at radius 1 is 1.24 bits per heavy atom. The molecule has 152 valence electrons. The SMILES string of the molecule is CC(C)[C@@H](C(=O)NC1CC1)N1C(=O)N2CCc3c([nH]c4ccccc34)[C@]2(C)C1=O. The van der Waals surface area contributed by atoms with Gasteiger partial charge in [0.25, 0.3) is 5.91 Å². The van der Waals surface area contributed by atoms with Crippen LogP contribution in [-0.4, -0.2) is 51.3 Å². The minimum Gasteiger partial charge on any atom is -0.356 e. The van der Waals surface area contributed by atoms with Crippen molar-refractivity contribution in [2.24, 2.45) is 5.92 Å². The Kier molecular flexibility index (Phi) is 3.82. The second kappa shape index (κ2) is 6.08. The van der Waals surface area contributed by atoms with E-state index in [2.05, 4.69) is 10.3 Å². The van der Waals surface area contributed by atoms with Crippen molar-refractivity contribution in [3.8, 4) is 0 Å². The first-order valence-corrected chi connectivity index (χ1v) is 10.4. The molecule has 0 spiro atoms. The predicted molar refractivity (Wildman–Crippen MR) is 108 cm³/mol. The normalized spacial score (nSPS) is 24.8. The third-order valence-corrected chi connectivity index (χ3v) is 6.60. The first-order chi connectivity index (χ1) is 13.8. The molecule has 2 atom stereocenters. The number of urea groups is 1. The fraction of sp³-hybridized carbons (Fsp3) is 0.500. The summed E-state index contributed by atoms with van der Waals surface area (Å²) in [4.78, 5) is 46.3. The molecule has 2 fully saturated rings. The van der Waals surface area contributed by atoms with E-state index >= 15 is 0 Å². The Bertz CT molecular complexity index is 1040. The molecular weight excluding hydrogens is 368 g/mol. The van der Waals surface area contributed by atoms with Crippen molar-refractivity contribution < 1.29 is 14.4 Å². The van der Waals surface area contributed by atoms with E-state index in [0.29, 0.717) is 13.0 Å². The topological polar surface area (TPSA) is 85.5 Å². The number of nitrogens with one attached hydrogen (secondary N) is 2. The highest BCUT2D eigenvalue weighted by atomic mass is 16.2. The van der Waals surface area contributed by atoms with Gasteiger partial charge < -0.3 is 15.2 Å². The fourth-order valence-electron chi connectivity index (χ4n) is 4.90. The van der Waals surface area contributed by atoms with Gasteiger partial charge in [0.05, 0.1) is 5.69 Å². The van der Waals surface area contributed by atoms with Gasteiger partial charge in [-0.2, -0.15) is 0 Å². The average molecular weight is 394 g/mol. The number of amides is 4. The molecule has 0 bridgehead atoms. The molecule has 0 radical (unpaired) electrons. The standard InChI is InChI=1S/C22H26N4O3/c1-12(2)17(19(27)23-13-8-9-13)26-20(28)22(3)18-15(10-11-25(22)21(26)29)14-6-4-5-7-16(14)24-18/h4-7,12-13,17,24H,8-11H2,1-3H3,(H,23,27)/t17-,22+/m0/s1. The molecule has 2 aliphatic heterocycles. The predicted octanol–water partition coefficient (Wildman–Crippen LogP) is 2.51. The number of aromatic amines is 1. The van der Waals surface area contributed by atoms with E-state index in [-0.39, 0.29) is 29.8 Å². The number of carbonyl (C=O) groups is 3. The van der Waals surface area contributed by atoms with Crippen LogP contribution in [0.4, 0.5) is 4.79 Å². The highest BCUT2D eigenvalue weighted by Crippen LogP contribution is 2.45. The summed E-state index contributed by atoms with van der Waals surface area (Å²) in [5.74, 6) is -0.724. The molecule has 1 aromatic carbocycles. The second-order valence-electron chi connectivity index (χ2n) is 8.93. The number of fused-ring (bicyclic) bond motifs is 5. The molecule has 1 saturated carbocycles. The number of carbonyl (C=O) groups excluding carboxylic acids is 3. The van der Waals surface area contributed by atoms with Crippen LogP contribution in [0.5, 0.6) is 0 Å². The van der Waals surface area contributed by atoms with E-state index in [9.17, 15) is 14.4 Å². The Balaban J connectivity index is 1.59. The van der Waals surface area contributed by atoms with Crippen molar-refractivity contribution in [1.29, 1.82) is 0 Å². The zero-order valence-corrected chi connectivity index (χ0v) is 17.0. The number of hydrogen-bond donors (Lipinski definition) is 2. The van der Waals surface area contributed by atoms with Crippen molar-refractivity contribution in [1.82, 2.24) is 20.1 Å². The van der Waals surface area contributed by atoms with Gasteiger partial charge in [-0.05, 0) is 43.7 Å². The smallest absolute Gasteiger partial charge is 0.328 e. The molecule has 3 heterocycles. The summed E-state index contributed by atoms with van der Waals surface area (Å²) in [7, 11) is 0. The van der Waals surface area contributed by atoms with Crippen LogP contribution in [0.25, 0.3) is 10.9 Å². The van der Waals surface area contributed by atoms with Gasteiger partial charge in [0.1, 0.15) is 6.04 Å². The van der Waals surface area contributed by atoms with E-state index in [1.54, 1.807) is 11.8 Å². The average Bonchev–Trinajstić information content (AvgIpc) is 3.37. The molecular formula is C22H26N4O3. The maximum absolute atomic E-state index is 13.7. The van der Waals surface area contributed by atoms with Crippen LogP contribution in [-0.2, 0) is 21.5 Å². The minimum atomic E-state index is -1.11. The van der Waals surface area contributed by atoms with Crippen LogP contribution in [0.15, 0.2) is 24.3 Å². The van der Waals surface area contributed by atoms with Crippen LogP contribution in [0.3, 0.4) is 0 Å². The Morgan fingerprint density at radius 3 is 2.66 bits per heavy atom. The van der Waals surface area contributed by atoms with Crippen molar-refractivity contribution in [2.45, 2.75) is 57.7 Å². The van der Waals surface area contributed by atoms with Gasteiger partial charge in [0.15, 0.2) is 5.54 Å². The van der Waals surface area contributed by atoms with E-state index in [4.69, 9.17) is 0 Å². The highest BCUT2D eigenvalue weighted by Gasteiger charge is 2.61. The monoisotopic (exact) mass is 394 g/mol. The molecule has 1 saturated heterocycles. The van der Waals surface area contributed by atoms with Gasteiger partial charge in [0, 0.05) is 23.5 Å². The lowest BCUT2D eigenvalue weighted by Gasteiger charge is -2.36. The maximum atomic E-state index is 13.7. The molecule has 0 unspecified atom stereocenters. The largest absolute Gasteiger partial charge is 0.356 e. The Hall–Kier alpha value is -2.83. The summed E-state index contributed by atoms with van der Waals surface area (Å²) >= 11 is 0. The van der Waals surface area contributed by atoms with Gasteiger partial charge in [-0.3, -0.25) is 9.59 Å². The van der Waals surface area contributed by atoms with Crippen molar-refractivity contribution in [3.63, 3.8) is 0 Å². The zero-order valence-electron chi connectivity index (χ0n) is 17.0. The minimum absolute atomic E-state index is 0.172. The van der Waals surface area contributed by atoms with E-state index in [1.807, 2.05) is 38.1 Å². The lowest BCUT2D eigenvalue weighted by molar-refractivity contribution is -0.140. The number of hydrogen-bond acceptors (Lipinski definition) is 3. The summed E-state index contributed by atoms with van der Waals surface area (Å²) in [5.41, 5.74) is 1.71. The quantitative estimate of drug-likeness (QED) is 0.782. The van der Waals surface area contributed by atoms with Crippen LogP contribution >= 0.6 is 0 Å². The molecule has 5 rings (SSSR count). The molecule has 2 N–H and O–H groups in total. The lowest BCUT2D eigenvalue weighted by atomic mass is 9.86. The summed E-state index contributed by atoms with van der Waals surface area (Å²) in [6, 6.07) is 6.97. The molecule has 2 aromatic rings. The molecule has 7 heteroatoms. The van der Waals surface area contributed by atoms with Crippen molar-refractivity contribution >= 4 is 28.7 Å². The summed E-state index contributed by atoms with van der Waals surface area (Å²) in [6.07, 6.45) is 2.60. The van der Waals surface area contributed by atoms with E-state index in [0.717, 1.165) is 35.0 Å². The summed E-state index contributed by atoms with van der Waals surface area (Å²) < 4.78 is 0. The summed E-state index contributed by atoms with van der Waals surface area (Å²) in [6.45, 7) is 6.02.